The minimum atomic E-state index is -0.182. The molecule has 0 saturated heterocycles. The largest absolute Gasteiger partial charge is 0.331 e. The van der Waals surface area contributed by atoms with Gasteiger partial charge in [-0.15, -0.1) is 5.10 Å². The van der Waals surface area contributed by atoms with Crippen LogP contribution in [0.3, 0.4) is 0 Å². The maximum Gasteiger partial charge on any atom is 0.275 e. The molecule has 1 saturated carbocycles. The summed E-state index contributed by atoms with van der Waals surface area (Å²) in [6.07, 6.45) is 3.96. The molecule has 1 aliphatic rings. The summed E-state index contributed by atoms with van der Waals surface area (Å²) in [5.41, 5.74) is 2.82. The summed E-state index contributed by atoms with van der Waals surface area (Å²) in [6.45, 7) is 0. The van der Waals surface area contributed by atoms with E-state index in [1.54, 1.807) is 0 Å². The Morgan fingerprint density at radius 2 is 2.17 bits per heavy atom. The predicted octanol–water partition coefficient (Wildman–Crippen LogP) is 2.66. The van der Waals surface area contributed by atoms with Crippen molar-refractivity contribution in [3.05, 3.63) is 46.6 Å². The molecule has 4 aromatic rings. The average molecular weight is 338 g/mol. The first-order valence-electron chi connectivity index (χ1n) is 7.77. The molecule has 0 amide bonds. The van der Waals surface area contributed by atoms with Gasteiger partial charge in [0.1, 0.15) is 5.82 Å². The van der Waals surface area contributed by atoms with Crippen LogP contribution in [0.4, 0.5) is 10.8 Å². The van der Waals surface area contributed by atoms with Crippen molar-refractivity contribution in [1.29, 1.82) is 0 Å². The normalized spacial score (nSPS) is 14.5. The number of benzene rings is 1. The van der Waals surface area contributed by atoms with E-state index in [0.717, 1.165) is 22.5 Å². The Hall–Kier alpha value is -2.74. The standard InChI is InChI=1S/C16H14N6OS/c1-21-12-5-4-10(8-11(12)19-14(21)9-2-3-9)18-15-20-22-13(23)6-7-17-16(22)24-15/h4-9H,2-3H2,1H3,(H,18,20). The minimum absolute atomic E-state index is 0.182. The first kappa shape index (κ1) is 13.7. The molecule has 24 heavy (non-hydrogen) atoms. The van der Waals surface area contributed by atoms with Crippen molar-refractivity contribution in [3.63, 3.8) is 0 Å². The Labute approximate surface area is 140 Å². The molecule has 1 N–H and O–H groups in total. The van der Waals surface area contributed by atoms with Crippen LogP contribution >= 0.6 is 11.3 Å². The first-order valence-corrected chi connectivity index (χ1v) is 8.59. The van der Waals surface area contributed by atoms with Crippen LogP contribution in [0, 0.1) is 0 Å². The van der Waals surface area contributed by atoms with Gasteiger partial charge in [-0.2, -0.15) is 4.52 Å². The molecule has 1 aromatic carbocycles. The Morgan fingerprint density at radius 1 is 1.29 bits per heavy atom. The Kier molecular flexibility index (Phi) is 2.78. The minimum Gasteiger partial charge on any atom is -0.331 e. The van der Waals surface area contributed by atoms with Crippen molar-refractivity contribution >= 4 is 38.2 Å². The van der Waals surface area contributed by atoms with Crippen LogP contribution in [0.2, 0.25) is 0 Å². The summed E-state index contributed by atoms with van der Waals surface area (Å²) >= 11 is 1.34. The number of hydrogen-bond acceptors (Lipinski definition) is 6. The zero-order valence-corrected chi connectivity index (χ0v) is 13.7. The van der Waals surface area contributed by atoms with Crippen LogP contribution in [-0.4, -0.2) is 24.1 Å². The first-order chi connectivity index (χ1) is 11.7. The number of fused-ring (bicyclic) bond motifs is 2. The number of aromatic nitrogens is 5. The molecule has 0 aliphatic heterocycles. The van der Waals surface area contributed by atoms with E-state index in [1.807, 2.05) is 12.1 Å². The lowest BCUT2D eigenvalue weighted by Crippen LogP contribution is -2.12. The fourth-order valence-corrected chi connectivity index (χ4v) is 3.72. The summed E-state index contributed by atoms with van der Waals surface area (Å²) in [7, 11) is 2.07. The number of nitrogens with one attached hydrogen (secondary N) is 1. The van der Waals surface area contributed by atoms with Gasteiger partial charge in [0.2, 0.25) is 10.1 Å². The Morgan fingerprint density at radius 3 is 2.96 bits per heavy atom. The average Bonchev–Trinajstić information content (AvgIpc) is 3.25. The zero-order chi connectivity index (χ0) is 16.3. The van der Waals surface area contributed by atoms with Crippen LogP contribution < -0.4 is 10.9 Å². The third-order valence-electron chi connectivity index (χ3n) is 4.28. The van der Waals surface area contributed by atoms with Gasteiger partial charge in [-0.05, 0) is 31.0 Å². The van der Waals surface area contributed by atoms with Gasteiger partial charge in [0.25, 0.3) is 5.56 Å². The van der Waals surface area contributed by atoms with Crippen molar-refractivity contribution < 1.29 is 0 Å². The molecule has 8 heteroatoms. The van der Waals surface area contributed by atoms with E-state index in [4.69, 9.17) is 4.98 Å². The molecule has 5 rings (SSSR count). The summed E-state index contributed by atoms with van der Waals surface area (Å²) in [5.74, 6) is 1.78. The van der Waals surface area contributed by atoms with Crippen molar-refractivity contribution in [2.75, 3.05) is 5.32 Å². The Balaban J connectivity index is 1.53. The van der Waals surface area contributed by atoms with Crippen LogP contribution in [0.5, 0.6) is 0 Å². The number of aryl methyl sites for hydroxylation is 1. The van der Waals surface area contributed by atoms with E-state index in [-0.39, 0.29) is 5.56 Å². The van der Waals surface area contributed by atoms with Gasteiger partial charge < -0.3 is 9.88 Å². The summed E-state index contributed by atoms with van der Waals surface area (Å²) < 4.78 is 3.48. The number of imidazole rings is 1. The van der Waals surface area contributed by atoms with Gasteiger partial charge in [-0.1, -0.05) is 11.3 Å². The molecule has 0 radical (unpaired) electrons. The maximum absolute atomic E-state index is 11.8. The molecular formula is C16H14N6OS. The smallest absolute Gasteiger partial charge is 0.275 e. The van der Waals surface area contributed by atoms with Crippen molar-refractivity contribution in [3.8, 4) is 0 Å². The highest BCUT2D eigenvalue weighted by molar-refractivity contribution is 7.20. The Bertz CT molecular complexity index is 1140. The lowest BCUT2D eigenvalue weighted by molar-refractivity contribution is 0.820. The van der Waals surface area contributed by atoms with Gasteiger partial charge in [0.05, 0.1) is 11.0 Å². The maximum atomic E-state index is 11.8. The molecular weight excluding hydrogens is 324 g/mol. The zero-order valence-electron chi connectivity index (χ0n) is 12.9. The molecule has 0 atom stereocenters. The van der Waals surface area contributed by atoms with Crippen LogP contribution in [-0.2, 0) is 7.05 Å². The summed E-state index contributed by atoms with van der Waals surface area (Å²) in [6, 6.07) is 7.48. The van der Waals surface area contributed by atoms with Gasteiger partial charge in [0, 0.05) is 30.9 Å². The number of rotatable bonds is 3. The lowest BCUT2D eigenvalue weighted by Gasteiger charge is -2.02. The molecule has 1 aliphatic carbocycles. The van der Waals surface area contributed by atoms with Crippen LogP contribution in [0.1, 0.15) is 24.6 Å². The molecule has 3 heterocycles. The van der Waals surface area contributed by atoms with Crippen LogP contribution in [0.25, 0.3) is 16.0 Å². The highest BCUT2D eigenvalue weighted by Gasteiger charge is 2.28. The van der Waals surface area contributed by atoms with Gasteiger partial charge >= 0.3 is 0 Å². The monoisotopic (exact) mass is 338 g/mol. The second-order valence-electron chi connectivity index (χ2n) is 6.02. The molecule has 0 unspecified atom stereocenters. The quantitative estimate of drug-likeness (QED) is 0.621. The molecule has 7 nitrogen and oxygen atoms in total. The number of anilines is 2. The van der Waals surface area contributed by atoms with E-state index in [9.17, 15) is 4.79 Å². The molecule has 120 valence electrons. The molecule has 1 fully saturated rings. The summed E-state index contributed by atoms with van der Waals surface area (Å²) in [5, 5.41) is 8.15. The lowest BCUT2D eigenvalue weighted by atomic mass is 10.3. The number of nitrogens with zero attached hydrogens (tertiary/aromatic N) is 5. The topological polar surface area (TPSA) is 77.1 Å². The van der Waals surface area contributed by atoms with Crippen molar-refractivity contribution in [1.82, 2.24) is 24.1 Å². The second kappa shape index (κ2) is 4.88. The van der Waals surface area contributed by atoms with Gasteiger partial charge in [0.15, 0.2) is 0 Å². The SMILES string of the molecule is Cn1c(C2CC2)nc2cc(Nc3nn4c(=O)ccnc4s3)ccc21. The number of hydrogen-bond donors (Lipinski definition) is 1. The van der Waals surface area contributed by atoms with Crippen molar-refractivity contribution in [2.45, 2.75) is 18.8 Å². The van der Waals surface area contributed by atoms with E-state index in [0.29, 0.717) is 16.0 Å². The van der Waals surface area contributed by atoms with E-state index >= 15 is 0 Å². The highest BCUT2D eigenvalue weighted by atomic mass is 32.1. The van der Waals surface area contributed by atoms with Crippen LogP contribution in [0.15, 0.2) is 35.3 Å². The molecule has 0 bridgehead atoms. The highest BCUT2D eigenvalue weighted by Crippen LogP contribution is 2.40. The van der Waals surface area contributed by atoms with E-state index < -0.39 is 0 Å². The third-order valence-corrected chi connectivity index (χ3v) is 5.12. The van der Waals surface area contributed by atoms with E-state index in [2.05, 4.69) is 33.1 Å². The van der Waals surface area contributed by atoms with Gasteiger partial charge in [-0.3, -0.25) is 4.79 Å². The van der Waals surface area contributed by atoms with Crippen molar-refractivity contribution in [2.24, 2.45) is 7.05 Å². The third kappa shape index (κ3) is 2.10. The second-order valence-corrected chi connectivity index (χ2v) is 6.97. The fraction of sp³-hybridized carbons (Fsp3) is 0.250. The molecule has 3 aromatic heterocycles. The fourth-order valence-electron chi connectivity index (χ4n) is 2.92. The van der Waals surface area contributed by atoms with E-state index in [1.165, 1.54) is 41.0 Å². The summed E-state index contributed by atoms with van der Waals surface area (Å²) in [4.78, 5) is 21.3. The molecule has 0 spiro atoms. The van der Waals surface area contributed by atoms with Gasteiger partial charge in [-0.25, -0.2) is 9.97 Å². The predicted molar refractivity (Wildman–Crippen MR) is 93.1 cm³/mol.